The highest BCUT2D eigenvalue weighted by Gasteiger charge is 2.05. The average molecular weight is 289 g/mol. The van der Waals surface area contributed by atoms with Crippen LogP contribution in [-0.4, -0.2) is 19.6 Å². The zero-order valence-electron chi connectivity index (χ0n) is 12.4. The van der Waals surface area contributed by atoms with Gasteiger partial charge < -0.3 is 15.5 Å². The summed E-state index contributed by atoms with van der Waals surface area (Å²) in [6.07, 6.45) is 8.00. The van der Waals surface area contributed by atoms with Gasteiger partial charge in [0.15, 0.2) is 0 Å². The molecular formula is C16H23N3O2. The minimum absolute atomic E-state index is 0.0986. The highest BCUT2D eigenvalue weighted by molar-refractivity contribution is 5.80. The Hall–Kier alpha value is -2.17. The lowest BCUT2D eigenvalue weighted by molar-refractivity contribution is -0.120. The Morgan fingerprint density at radius 2 is 1.90 bits per heavy atom. The van der Waals surface area contributed by atoms with Crippen LogP contribution >= 0.6 is 0 Å². The van der Waals surface area contributed by atoms with Crippen molar-refractivity contribution in [2.75, 3.05) is 19.0 Å². The number of amides is 1. The molecule has 1 aromatic carbocycles. The van der Waals surface area contributed by atoms with Gasteiger partial charge in [-0.25, -0.2) is 0 Å². The van der Waals surface area contributed by atoms with Crippen LogP contribution in [0.2, 0.25) is 0 Å². The maximum atomic E-state index is 11.7. The highest BCUT2D eigenvalue weighted by atomic mass is 16.5. The van der Waals surface area contributed by atoms with Crippen molar-refractivity contribution in [3.63, 3.8) is 0 Å². The van der Waals surface area contributed by atoms with Crippen molar-refractivity contribution in [3.8, 4) is 5.75 Å². The number of ether oxygens (including phenoxy) is 1. The molecule has 1 aliphatic carbocycles. The molecule has 21 heavy (non-hydrogen) atoms. The van der Waals surface area contributed by atoms with Crippen molar-refractivity contribution in [2.24, 2.45) is 0 Å². The van der Waals surface area contributed by atoms with E-state index in [2.05, 4.69) is 16.2 Å². The van der Waals surface area contributed by atoms with Crippen LogP contribution in [0.5, 0.6) is 5.75 Å². The number of carbonyl (C=O) groups excluding carboxylic acids is 1. The van der Waals surface area contributed by atoms with E-state index in [9.17, 15) is 4.79 Å². The number of hydrazine groups is 1. The summed E-state index contributed by atoms with van der Waals surface area (Å²) in [5.74, 6) is 0.698. The lowest BCUT2D eigenvalue weighted by Gasteiger charge is -2.14. The van der Waals surface area contributed by atoms with E-state index in [1.54, 1.807) is 7.11 Å². The Kier molecular flexibility index (Phi) is 5.94. The van der Waals surface area contributed by atoms with Gasteiger partial charge in [-0.2, -0.15) is 0 Å². The number of hydrogen-bond acceptors (Lipinski definition) is 4. The molecule has 1 aliphatic rings. The first-order valence-corrected chi connectivity index (χ1v) is 7.38. The van der Waals surface area contributed by atoms with Crippen LogP contribution < -0.4 is 20.9 Å². The summed E-state index contributed by atoms with van der Waals surface area (Å²) in [6.45, 7) is 0.225. The molecule has 0 heterocycles. The van der Waals surface area contributed by atoms with E-state index in [-0.39, 0.29) is 12.5 Å². The maximum absolute atomic E-state index is 11.7. The van der Waals surface area contributed by atoms with Crippen molar-refractivity contribution < 1.29 is 9.53 Å². The molecule has 0 bridgehead atoms. The van der Waals surface area contributed by atoms with Crippen LogP contribution in [0, 0.1) is 0 Å². The molecule has 0 unspecified atom stereocenters. The summed E-state index contributed by atoms with van der Waals surface area (Å²) in [5, 5.41) is 3.06. The Morgan fingerprint density at radius 3 is 2.57 bits per heavy atom. The predicted molar refractivity (Wildman–Crippen MR) is 83.9 cm³/mol. The molecule has 0 aliphatic heterocycles. The standard InChI is InChI=1S/C16H23N3O2/c1-21-15-9-7-14(8-10-15)17-12-16(20)19-18-11-13-5-3-2-4-6-13/h7-11,17-18H,2-6,12H2,1H3,(H,19,20). The zero-order valence-corrected chi connectivity index (χ0v) is 12.4. The van der Waals surface area contributed by atoms with Crippen LogP contribution in [-0.2, 0) is 4.79 Å². The number of allylic oxidation sites excluding steroid dienone is 1. The Morgan fingerprint density at radius 1 is 1.19 bits per heavy atom. The highest BCUT2D eigenvalue weighted by Crippen LogP contribution is 2.21. The summed E-state index contributed by atoms with van der Waals surface area (Å²) < 4.78 is 5.08. The second kappa shape index (κ2) is 8.19. The van der Waals surface area contributed by atoms with Crippen molar-refractivity contribution in [2.45, 2.75) is 32.1 Å². The minimum atomic E-state index is -0.0986. The summed E-state index contributed by atoms with van der Waals surface area (Å²) >= 11 is 0. The quantitative estimate of drug-likeness (QED) is 0.704. The van der Waals surface area contributed by atoms with Gasteiger partial charge >= 0.3 is 0 Å². The number of nitrogens with one attached hydrogen (secondary N) is 3. The molecule has 5 heteroatoms. The number of carbonyl (C=O) groups is 1. The largest absolute Gasteiger partial charge is 0.497 e. The van der Waals surface area contributed by atoms with Crippen molar-refractivity contribution in [3.05, 3.63) is 36.0 Å². The fraction of sp³-hybridized carbons (Fsp3) is 0.438. The molecule has 2 rings (SSSR count). The van der Waals surface area contributed by atoms with Crippen LogP contribution in [0.25, 0.3) is 0 Å². The van der Waals surface area contributed by atoms with Gasteiger partial charge in [-0.1, -0.05) is 12.0 Å². The monoisotopic (exact) mass is 289 g/mol. The van der Waals surface area contributed by atoms with E-state index < -0.39 is 0 Å². The Labute approximate surface area is 125 Å². The Balaban J connectivity index is 1.66. The van der Waals surface area contributed by atoms with Crippen LogP contribution in [0.3, 0.4) is 0 Å². The van der Waals surface area contributed by atoms with Crippen molar-refractivity contribution in [1.29, 1.82) is 0 Å². The summed E-state index contributed by atoms with van der Waals surface area (Å²) in [7, 11) is 1.63. The first-order chi connectivity index (χ1) is 10.3. The van der Waals surface area contributed by atoms with Gasteiger partial charge in [0.2, 0.25) is 0 Å². The second-order valence-corrected chi connectivity index (χ2v) is 5.14. The molecule has 3 N–H and O–H groups in total. The first kappa shape index (κ1) is 15.2. The summed E-state index contributed by atoms with van der Waals surface area (Å²) in [4.78, 5) is 11.7. The third kappa shape index (κ3) is 5.38. The molecule has 0 aromatic heterocycles. The number of benzene rings is 1. The van der Waals surface area contributed by atoms with Gasteiger partial charge in [0.05, 0.1) is 13.7 Å². The molecule has 0 radical (unpaired) electrons. The van der Waals surface area contributed by atoms with E-state index in [0.717, 1.165) is 24.3 Å². The lowest BCUT2D eigenvalue weighted by atomic mass is 9.96. The van der Waals surface area contributed by atoms with Gasteiger partial charge in [-0.05, 0) is 49.9 Å². The van der Waals surface area contributed by atoms with Crippen LogP contribution in [0.4, 0.5) is 5.69 Å². The van der Waals surface area contributed by atoms with Gasteiger partial charge in [0.1, 0.15) is 5.75 Å². The minimum Gasteiger partial charge on any atom is -0.497 e. The normalized spacial score (nSPS) is 14.2. The summed E-state index contributed by atoms with van der Waals surface area (Å²) in [6, 6.07) is 7.46. The second-order valence-electron chi connectivity index (χ2n) is 5.14. The van der Waals surface area contributed by atoms with Crippen molar-refractivity contribution in [1.82, 2.24) is 10.9 Å². The maximum Gasteiger partial charge on any atom is 0.257 e. The molecular weight excluding hydrogens is 266 g/mol. The number of methoxy groups -OCH3 is 1. The first-order valence-electron chi connectivity index (χ1n) is 7.38. The molecule has 1 fully saturated rings. The Bertz CT molecular complexity index is 475. The van der Waals surface area contributed by atoms with Gasteiger partial charge in [0, 0.05) is 11.9 Å². The fourth-order valence-electron chi connectivity index (χ4n) is 2.30. The van der Waals surface area contributed by atoms with Crippen molar-refractivity contribution >= 4 is 11.6 Å². The molecule has 1 saturated carbocycles. The van der Waals surface area contributed by atoms with Gasteiger partial charge in [-0.3, -0.25) is 10.2 Å². The third-order valence-electron chi connectivity index (χ3n) is 3.53. The lowest BCUT2D eigenvalue weighted by Crippen LogP contribution is -2.38. The third-order valence-corrected chi connectivity index (χ3v) is 3.53. The molecule has 114 valence electrons. The zero-order chi connectivity index (χ0) is 14.9. The fourth-order valence-corrected chi connectivity index (χ4v) is 2.30. The predicted octanol–water partition coefficient (Wildman–Crippen LogP) is 2.58. The van der Waals surface area contributed by atoms with E-state index in [1.807, 2.05) is 30.5 Å². The summed E-state index contributed by atoms with van der Waals surface area (Å²) in [5.41, 5.74) is 7.82. The molecule has 0 saturated heterocycles. The van der Waals surface area contributed by atoms with Crippen LogP contribution in [0.15, 0.2) is 36.0 Å². The molecule has 0 atom stereocenters. The number of anilines is 1. The van der Waals surface area contributed by atoms with E-state index in [1.165, 1.54) is 24.8 Å². The van der Waals surface area contributed by atoms with Gasteiger partial charge in [-0.15, -0.1) is 0 Å². The number of hydrogen-bond donors (Lipinski definition) is 3. The van der Waals surface area contributed by atoms with Gasteiger partial charge in [0.25, 0.3) is 5.91 Å². The molecule has 1 amide bonds. The smallest absolute Gasteiger partial charge is 0.257 e. The number of rotatable bonds is 6. The van der Waals surface area contributed by atoms with Crippen LogP contribution in [0.1, 0.15) is 32.1 Å². The van der Waals surface area contributed by atoms with E-state index >= 15 is 0 Å². The molecule has 0 spiro atoms. The SMILES string of the molecule is COc1ccc(NCC(=O)NNC=C2CCCCC2)cc1. The molecule has 1 aromatic rings. The van der Waals surface area contributed by atoms with E-state index in [4.69, 9.17) is 4.74 Å². The average Bonchev–Trinajstić information content (AvgIpc) is 2.54. The molecule has 5 nitrogen and oxygen atoms in total. The van der Waals surface area contributed by atoms with E-state index in [0.29, 0.717) is 0 Å². The topological polar surface area (TPSA) is 62.4 Å².